The predicted molar refractivity (Wildman–Crippen MR) is 141 cm³/mol. The van der Waals surface area contributed by atoms with Crippen molar-refractivity contribution in [1.82, 2.24) is 25.8 Å². The van der Waals surface area contributed by atoms with Crippen LogP contribution in [0, 0.1) is 0 Å². The number of carboxylic acid groups (broad SMARTS) is 3. The fourth-order valence-corrected chi connectivity index (χ4v) is 3.94. The number of nitrogens with one attached hydrogen (secondary N) is 3. The minimum absolute atomic E-state index is 0.0100. The van der Waals surface area contributed by atoms with Crippen molar-refractivity contribution in [2.45, 2.75) is 44.2 Å². The average Bonchev–Trinajstić information content (AvgIpc) is 2.94. The largest absolute Gasteiger partial charge is 0.481 e. The summed E-state index contributed by atoms with van der Waals surface area (Å²) in [7, 11) is 0. The number of nitrogens with zero attached hydrogens (tertiary/aromatic N) is 5. The van der Waals surface area contributed by atoms with Crippen LogP contribution in [0.1, 0.15) is 42.5 Å². The molecule has 1 saturated heterocycles. The Kier molecular flexibility index (Phi) is 12.7. The first kappa shape index (κ1) is 32.2. The molecule has 1 aromatic carbocycles. The summed E-state index contributed by atoms with van der Waals surface area (Å²) in [4.78, 5) is 76.4. The van der Waals surface area contributed by atoms with E-state index in [0.29, 0.717) is 50.3 Å². The zero-order valence-electron chi connectivity index (χ0n) is 22.1. The van der Waals surface area contributed by atoms with Crippen molar-refractivity contribution in [2.75, 3.05) is 32.7 Å². The summed E-state index contributed by atoms with van der Waals surface area (Å²) in [6.45, 7) is 1.54. The minimum atomic E-state index is -1.49. The Morgan fingerprint density at radius 3 is 1.95 bits per heavy atom. The van der Waals surface area contributed by atoms with Gasteiger partial charge in [-0.25, -0.2) is 19.2 Å². The van der Waals surface area contributed by atoms with Gasteiger partial charge in [-0.15, -0.1) is 0 Å². The highest BCUT2D eigenvalue weighted by Gasteiger charge is 2.26. The van der Waals surface area contributed by atoms with Gasteiger partial charge >= 0.3 is 30.0 Å². The highest BCUT2D eigenvalue weighted by atomic mass is 16.4. The molecule has 5 amide bonds. The summed E-state index contributed by atoms with van der Waals surface area (Å²) < 4.78 is 0. The van der Waals surface area contributed by atoms with Crippen molar-refractivity contribution in [3.8, 4) is 0 Å². The first-order valence-electron chi connectivity index (χ1n) is 12.7. The van der Waals surface area contributed by atoms with Gasteiger partial charge in [0.2, 0.25) is 0 Å². The monoisotopic (exact) mass is 576 g/mol. The highest BCUT2D eigenvalue weighted by Crippen LogP contribution is 2.15. The van der Waals surface area contributed by atoms with Gasteiger partial charge in [0.1, 0.15) is 12.1 Å². The molecule has 2 rings (SSSR count). The Bertz CT molecular complexity index is 1160. The lowest BCUT2D eigenvalue weighted by atomic mass is 10.1. The molecule has 0 radical (unpaired) electrons. The van der Waals surface area contributed by atoms with Crippen LogP contribution in [0.15, 0.2) is 29.4 Å². The van der Waals surface area contributed by atoms with Gasteiger partial charge in [0.05, 0.1) is 0 Å². The Morgan fingerprint density at radius 1 is 0.854 bits per heavy atom. The summed E-state index contributed by atoms with van der Waals surface area (Å²) in [5.41, 5.74) is 9.30. The molecule has 0 bridgehead atoms. The van der Waals surface area contributed by atoms with Crippen LogP contribution in [0.5, 0.6) is 0 Å². The van der Waals surface area contributed by atoms with Crippen molar-refractivity contribution in [2.24, 2.45) is 5.11 Å². The molecule has 2 unspecified atom stereocenters. The van der Waals surface area contributed by atoms with Crippen LogP contribution in [0.2, 0.25) is 0 Å². The molecule has 6 N–H and O–H groups in total. The first-order chi connectivity index (χ1) is 19.5. The van der Waals surface area contributed by atoms with Crippen LogP contribution >= 0.6 is 0 Å². The molecule has 2 atom stereocenters. The number of hydrogen-bond acceptors (Lipinski definition) is 7. The fraction of sp³-hybridized carbons (Fsp3) is 0.500. The molecule has 222 valence electrons. The molecule has 1 fully saturated rings. The number of aliphatic carboxylic acids is 3. The van der Waals surface area contributed by atoms with E-state index < -0.39 is 42.4 Å². The lowest BCUT2D eigenvalue weighted by molar-refractivity contribution is -0.140. The third kappa shape index (κ3) is 10.9. The number of rotatable bonds is 14. The van der Waals surface area contributed by atoms with Crippen LogP contribution in [0.4, 0.5) is 15.3 Å². The second-order valence-electron chi connectivity index (χ2n) is 9.08. The Balaban J connectivity index is 1.70. The second-order valence-corrected chi connectivity index (χ2v) is 9.08. The molecular formula is C24H32N8O9. The maximum absolute atomic E-state index is 12.7. The minimum Gasteiger partial charge on any atom is -0.481 e. The average molecular weight is 577 g/mol. The Labute approximate surface area is 234 Å². The quantitative estimate of drug-likeness (QED) is 0.0807. The first-order valence-corrected chi connectivity index (χ1v) is 12.7. The van der Waals surface area contributed by atoms with Crippen LogP contribution < -0.4 is 16.0 Å². The number of carboxylic acids is 3. The molecule has 1 aliphatic heterocycles. The summed E-state index contributed by atoms with van der Waals surface area (Å²) in [5.74, 6) is -4.22. The molecule has 0 spiro atoms. The third-order valence-corrected chi connectivity index (χ3v) is 6.18. The summed E-state index contributed by atoms with van der Waals surface area (Å²) in [5, 5.41) is 37.6. The number of unbranched alkanes of at least 4 members (excludes halogenated alkanes) is 1. The van der Waals surface area contributed by atoms with Crippen molar-refractivity contribution < 1.29 is 44.1 Å². The SMILES string of the molecule is [N-]=[N+]=Nc1ccc(C(=O)N2CCN(C(=O)NCCCCC(NC(=O)NC(CCC(=O)O)C(=O)O)C(=O)O)CC2)cc1. The fourth-order valence-electron chi connectivity index (χ4n) is 3.94. The molecule has 1 aromatic rings. The molecule has 0 aliphatic carbocycles. The maximum Gasteiger partial charge on any atom is 0.326 e. The van der Waals surface area contributed by atoms with E-state index in [-0.39, 0.29) is 31.3 Å². The van der Waals surface area contributed by atoms with E-state index in [1.807, 2.05) is 0 Å². The van der Waals surface area contributed by atoms with Crippen LogP contribution in [0.3, 0.4) is 0 Å². The topological polar surface area (TPSA) is 254 Å². The maximum atomic E-state index is 12.7. The van der Waals surface area contributed by atoms with Crippen molar-refractivity contribution in [3.05, 3.63) is 40.3 Å². The molecule has 0 aromatic heterocycles. The molecular weight excluding hydrogens is 544 g/mol. The van der Waals surface area contributed by atoms with Gasteiger partial charge in [-0.05, 0) is 43.3 Å². The summed E-state index contributed by atoms with van der Waals surface area (Å²) in [6, 6.07) is 2.03. The zero-order chi connectivity index (χ0) is 30.4. The number of piperazine rings is 1. The van der Waals surface area contributed by atoms with Gasteiger partial charge in [0.15, 0.2) is 0 Å². The van der Waals surface area contributed by atoms with E-state index in [1.165, 1.54) is 0 Å². The Hall–Kier alpha value is -5.05. The third-order valence-electron chi connectivity index (χ3n) is 6.18. The molecule has 17 nitrogen and oxygen atoms in total. The predicted octanol–water partition coefficient (Wildman–Crippen LogP) is 1.34. The number of carbonyl (C=O) groups excluding carboxylic acids is 3. The van der Waals surface area contributed by atoms with E-state index in [9.17, 15) is 33.9 Å². The van der Waals surface area contributed by atoms with Gasteiger partial charge < -0.3 is 41.1 Å². The van der Waals surface area contributed by atoms with Gasteiger partial charge in [0.25, 0.3) is 5.91 Å². The van der Waals surface area contributed by atoms with Crippen LogP contribution in [-0.4, -0.2) is 106 Å². The smallest absolute Gasteiger partial charge is 0.326 e. The van der Waals surface area contributed by atoms with Gasteiger partial charge in [-0.3, -0.25) is 9.59 Å². The number of carbonyl (C=O) groups is 6. The number of azide groups is 1. The molecule has 1 heterocycles. The molecule has 0 saturated carbocycles. The van der Waals surface area contributed by atoms with Gasteiger partial charge in [-0.2, -0.15) is 0 Å². The number of hydrogen-bond donors (Lipinski definition) is 6. The molecule has 1 aliphatic rings. The van der Waals surface area contributed by atoms with Gasteiger partial charge in [-0.1, -0.05) is 17.2 Å². The summed E-state index contributed by atoms with van der Waals surface area (Å²) in [6.07, 6.45) is -0.126. The van der Waals surface area contributed by atoms with E-state index >= 15 is 0 Å². The molecule has 17 heteroatoms. The number of urea groups is 2. The van der Waals surface area contributed by atoms with Crippen molar-refractivity contribution in [3.63, 3.8) is 0 Å². The van der Waals surface area contributed by atoms with Crippen molar-refractivity contribution in [1.29, 1.82) is 0 Å². The van der Waals surface area contributed by atoms with Crippen molar-refractivity contribution >= 4 is 41.6 Å². The number of amides is 5. The summed E-state index contributed by atoms with van der Waals surface area (Å²) >= 11 is 0. The lowest BCUT2D eigenvalue weighted by Gasteiger charge is -2.34. The zero-order valence-corrected chi connectivity index (χ0v) is 22.1. The highest BCUT2D eigenvalue weighted by molar-refractivity contribution is 5.94. The van der Waals surface area contributed by atoms with Crippen LogP contribution in [-0.2, 0) is 14.4 Å². The lowest BCUT2D eigenvalue weighted by Crippen LogP contribution is -2.53. The van der Waals surface area contributed by atoms with Gasteiger partial charge in [0, 0.05) is 55.3 Å². The van der Waals surface area contributed by atoms with E-state index in [4.69, 9.17) is 15.7 Å². The Morgan fingerprint density at radius 2 is 1.41 bits per heavy atom. The van der Waals surface area contributed by atoms with Crippen LogP contribution in [0.25, 0.3) is 10.4 Å². The van der Waals surface area contributed by atoms with E-state index in [0.717, 1.165) is 0 Å². The van der Waals surface area contributed by atoms with E-state index in [1.54, 1.807) is 34.1 Å². The second kappa shape index (κ2) is 16.1. The molecule has 41 heavy (non-hydrogen) atoms. The van der Waals surface area contributed by atoms with E-state index in [2.05, 4.69) is 26.0 Å². The normalized spacial score (nSPS) is 14.1. The number of benzene rings is 1. The standard InChI is InChI=1S/C24H32N8O9/c25-30-29-16-6-4-15(5-7-16)20(35)31-11-13-32(14-12-31)24(41)26-10-2-1-3-17(21(36)37)27-23(40)28-18(22(38)39)8-9-19(33)34/h4-7,17-18H,1-3,8-14H2,(H,26,41)(H,33,34)(H,36,37)(H,38,39)(H2,27,28,40).